The number of fused-ring (bicyclic) bond motifs is 1. The first-order chi connectivity index (χ1) is 21.5. The van der Waals surface area contributed by atoms with Gasteiger partial charge in [-0.2, -0.15) is 0 Å². The van der Waals surface area contributed by atoms with Crippen LogP contribution in [0.2, 0.25) is 0 Å². The Hall–Kier alpha value is -5.04. The van der Waals surface area contributed by atoms with E-state index in [2.05, 4.69) is 25.6 Å². The number of aliphatic hydroxyl groups excluding tert-OH is 2. The minimum Gasteiger partial charge on any atom is -0.497 e. The molecule has 0 spiro atoms. The maximum absolute atomic E-state index is 13.4. The molecule has 1 aliphatic rings. The number of aromatic nitrogens is 4. The fourth-order valence-corrected chi connectivity index (χ4v) is 5.39. The van der Waals surface area contributed by atoms with E-state index in [4.69, 9.17) is 14.2 Å². The Morgan fingerprint density at radius 1 is 0.955 bits per heavy atom. The van der Waals surface area contributed by atoms with Crippen LogP contribution in [0.1, 0.15) is 33.8 Å². The van der Waals surface area contributed by atoms with E-state index in [1.165, 1.54) is 26.9 Å². The summed E-state index contributed by atoms with van der Waals surface area (Å²) in [5.41, 5.74) is 3.22. The van der Waals surface area contributed by atoms with Crippen LogP contribution in [-0.4, -0.2) is 74.7 Å². The normalized spacial score (nSPS) is 19.7. The van der Waals surface area contributed by atoms with Crippen molar-refractivity contribution < 1.29 is 29.2 Å². The van der Waals surface area contributed by atoms with E-state index in [-0.39, 0.29) is 11.6 Å². The Kier molecular flexibility index (Phi) is 8.37. The molecule has 6 rings (SSSR count). The van der Waals surface area contributed by atoms with E-state index >= 15 is 0 Å². The molecule has 0 aliphatic carbocycles. The second-order valence-corrected chi connectivity index (χ2v) is 10.3. The van der Waals surface area contributed by atoms with E-state index in [0.717, 1.165) is 11.1 Å². The predicted octanol–water partition coefficient (Wildman–Crippen LogP) is 3.09. The standard InChI is InChI=1S/C32H32N6O6/c1-42-22-13-21(14-23(15-22)43-2)31(41)37-26-28(40)24(16-39)44-32(26)38-18-35-27-29(33-17-34-30(27)38)36-25(19-9-5-3-6-10-19)20-11-7-4-8-12-20/h3-15,17-18,24-26,28,32,39-40H,16H2,1-2H3,(H,37,41)(H,33,34,36)/t24-,26-,28-,32-/m1/s1. The molecule has 1 aliphatic heterocycles. The number of methoxy groups -OCH3 is 2. The maximum atomic E-state index is 13.4. The van der Waals surface area contributed by atoms with Gasteiger partial charge in [0.25, 0.3) is 5.91 Å². The van der Waals surface area contributed by atoms with Crippen molar-refractivity contribution in [1.82, 2.24) is 24.8 Å². The van der Waals surface area contributed by atoms with Crippen LogP contribution in [0.4, 0.5) is 5.82 Å². The summed E-state index contributed by atoms with van der Waals surface area (Å²) >= 11 is 0. The molecule has 3 aromatic carbocycles. The number of amides is 1. The Labute approximate surface area is 253 Å². The van der Waals surface area contributed by atoms with Crippen LogP contribution in [0, 0.1) is 0 Å². The summed E-state index contributed by atoms with van der Waals surface area (Å²) in [5.74, 6) is 0.870. The second-order valence-electron chi connectivity index (χ2n) is 10.3. The lowest BCUT2D eigenvalue weighted by atomic mass is 9.99. The molecule has 4 N–H and O–H groups in total. The second kappa shape index (κ2) is 12.7. The van der Waals surface area contributed by atoms with Crippen molar-refractivity contribution in [3.63, 3.8) is 0 Å². The van der Waals surface area contributed by atoms with Crippen LogP contribution >= 0.6 is 0 Å². The Balaban J connectivity index is 1.33. The Morgan fingerprint density at radius 3 is 2.18 bits per heavy atom. The van der Waals surface area contributed by atoms with Gasteiger partial charge in [-0.1, -0.05) is 60.7 Å². The lowest BCUT2D eigenvalue weighted by Gasteiger charge is -2.23. The average molecular weight is 597 g/mol. The number of hydrogen-bond acceptors (Lipinski definition) is 10. The Bertz CT molecular complexity index is 1670. The van der Waals surface area contributed by atoms with Gasteiger partial charge in [0.2, 0.25) is 0 Å². The molecule has 12 heteroatoms. The highest BCUT2D eigenvalue weighted by molar-refractivity contribution is 5.95. The molecular formula is C32H32N6O6. The molecule has 0 saturated carbocycles. The number of aliphatic hydroxyl groups is 2. The highest BCUT2D eigenvalue weighted by atomic mass is 16.5. The van der Waals surface area contributed by atoms with E-state index < -0.39 is 37.0 Å². The molecule has 226 valence electrons. The number of anilines is 1. The molecule has 4 atom stereocenters. The minimum absolute atomic E-state index is 0.226. The van der Waals surface area contributed by atoms with Crippen LogP contribution in [0.3, 0.4) is 0 Å². The fourth-order valence-electron chi connectivity index (χ4n) is 5.39. The summed E-state index contributed by atoms with van der Waals surface area (Å²) in [7, 11) is 2.98. The van der Waals surface area contributed by atoms with Crippen molar-refractivity contribution in [2.75, 3.05) is 26.1 Å². The number of rotatable bonds is 10. The van der Waals surface area contributed by atoms with Crippen molar-refractivity contribution in [2.24, 2.45) is 0 Å². The number of benzene rings is 3. The lowest BCUT2D eigenvalue weighted by Crippen LogP contribution is -2.46. The van der Waals surface area contributed by atoms with Gasteiger partial charge >= 0.3 is 0 Å². The summed E-state index contributed by atoms with van der Waals surface area (Å²) in [6, 6.07) is 23.6. The molecule has 0 radical (unpaired) electrons. The van der Waals surface area contributed by atoms with E-state index in [0.29, 0.717) is 28.5 Å². The zero-order valence-electron chi connectivity index (χ0n) is 24.1. The van der Waals surface area contributed by atoms with Gasteiger partial charge in [-0.25, -0.2) is 15.0 Å². The average Bonchev–Trinajstić information content (AvgIpc) is 3.64. The smallest absolute Gasteiger partial charge is 0.252 e. The topological polar surface area (TPSA) is 153 Å². The molecule has 12 nitrogen and oxygen atoms in total. The molecular weight excluding hydrogens is 564 g/mol. The number of carbonyl (C=O) groups excluding carboxylic acids is 1. The van der Waals surface area contributed by atoms with Gasteiger partial charge in [0.1, 0.15) is 36.1 Å². The van der Waals surface area contributed by atoms with Gasteiger partial charge in [0.05, 0.1) is 33.2 Å². The van der Waals surface area contributed by atoms with Crippen molar-refractivity contribution in [3.8, 4) is 11.5 Å². The molecule has 5 aromatic rings. The van der Waals surface area contributed by atoms with Crippen molar-refractivity contribution >= 4 is 22.9 Å². The molecule has 1 saturated heterocycles. The SMILES string of the molecule is COc1cc(OC)cc(C(=O)N[C@@H]2[C@H](O)[C@@H](CO)O[C@H]2n2cnc3c(NC(c4ccccc4)c4ccccc4)ncnc32)c1. The van der Waals surface area contributed by atoms with Crippen LogP contribution in [-0.2, 0) is 4.74 Å². The first-order valence-electron chi connectivity index (χ1n) is 14.0. The van der Waals surface area contributed by atoms with Crippen molar-refractivity contribution in [3.05, 3.63) is 108 Å². The number of nitrogens with zero attached hydrogens (tertiary/aromatic N) is 4. The first-order valence-corrected chi connectivity index (χ1v) is 14.0. The third-order valence-corrected chi connectivity index (χ3v) is 7.64. The zero-order valence-corrected chi connectivity index (χ0v) is 24.1. The quantitative estimate of drug-likeness (QED) is 0.189. The summed E-state index contributed by atoms with van der Waals surface area (Å²) < 4.78 is 18.3. The number of nitrogens with one attached hydrogen (secondary N) is 2. The lowest BCUT2D eigenvalue weighted by molar-refractivity contribution is -0.0440. The molecule has 0 bridgehead atoms. The van der Waals surface area contributed by atoms with Gasteiger partial charge in [0, 0.05) is 11.6 Å². The highest BCUT2D eigenvalue weighted by Gasteiger charge is 2.46. The van der Waals surface area contributed by atoms with Gasteiger partial charge in [-0.3, -0.25) is 9.36 Å². The van der Waals surface area contributed by atoms with Gasteiger partial charge in [-0.15, -0.1) is 0 Å². The predicted molar refractivity (Wildman–Crippen MR) is 161 cm³/mol. The van der Waals surface area contributed by atoms with Crippen molar-refractivity contribution in [1.29, 1.82) is 0 Å². The fraction of sp³-hybridized carbons (Fsp3) is 0.250. The summed E-state index contributed by atoms with van der Waals surface area (Å²) in [6.07, 6.45) is -0.178. The van der Waals surface area contributed by atoms with Crippen LogP contribution in [0.15, 0.2) is 91.5 Å². The largest absolute Gasteiger partial charge is 0.497 e. The number of ether oxygens (including phenoxy) is 3. The molecule has 2 aromatic heterocycles. The van der Waals surface area contributed by atoms with Crippen LogP contribution < -0.4 is 20.1 Å². The molecule has 3 heterocycles. The van der Waals surface area contributed by atoms with Gasteiger partial charge in [-0.05, 0) is 23.3 Å². The minimum atomic E-state index is -1.22. The molecule has 1 amide bonds. The maximum Gasteiger partial charge on any atom is 0.252 e. The third kappa shape index (κ3) is 5.65. The molecule has 44 heavy (non-hydrogen) atoms. The highest BCUT2D eigenvalue weighted by Crippen LogP contribution is 2.34. The monoisotopic (exact) mass is 596 g/mol. The first kappa shape index (κ1) is 29.1. The number of imidazole rings is 1. The van der Waals surface area contributed by atoms with E-state index in [1.54, 1.807) is 22.8 Å². The Morgan fingerprint density at radius 2 is 1.59 bits per heavy atom. The van der Waals surface area contributed by atoms with Crippen LogP contribution in [0.5, 0.6) is 11.5 Å². The third-order valence-electron chi connectivity index (χ3n) is 7.64. The number of hydrogen-bond donors (Lipinski definition) is 4. The van der Waals surface area contributed by atoms with E-state index in [9.17, 15) is 15.0 Å². The van der Waals surface area contributed by atoms with Crippen LogP contribution in [0.25, 0.3) is 11.2 Å². The van der Waals surface area contributed by atoms with Gasteiger partial charge in [0.15, 0.2) is 23.2 Å². The number of carbonyl (C=O) groups is 1. The molecule has 0 unspecified atom stereocenters. The summed E-state index contributed by atoms with van der Waals surface area (Å²) in [5, 5.41) is 27.4. The summed E-state index contributed by atoms with van der Waals surface area (Å²) in [6.45, 7) is -0.457. The summed E-state index contributed by atoms with van der Waals surface area (Å²) in [4.78, 5) is 27.0. The zero-order chi connectivity index (χ0) is 30.6. The van der Waals surface area contributed by atoms with E-state index in [1.807, 2.05) is 60.7 Å². The van der Waals surface area contributed by atoms with Crippen molar-refractivity contribution in [2.45, 2.75) is 30.5 Å². The van der Waals surface area contributed by atoms with Gasteiger partial charge < -0.3 is 35.1 Å². The molecule has 1 fully saturated rings.